The molecule has 1 unspecified atom stereocenters. The molecule has 3 aromatic carbocycles. The Bertz CT molecular complexity index is 1490. The predicted octanol–water partition coefficient (Wildman–Crippen LogP) is 8.96. The van der Waals surface area contributed by atoms with E-state index in [1.165, 1.54) is 12.1 Å². The smallest absolute Gasteiger partial charge is 0.128 e. The molecule has 0 saturated carbocycles. The van der Waals surface area contributed by atoms with Crippen molar-refractivity contribution < 1.29 is 8.78 Å². The van der Waals surface area contributed by atoms with Crippen LogP contribution in [0.2, 0.25) is 0 Å². The zero-order valence-electron chi connectivity index (χ0n) is 22.6. The summed E-state index contributed by atoms with van der Waals surface area (Å²) in [6, 6.07) is 19.4. The minimum absolute atomic E-state index is 0.459. The number of benzene rings is 3. The lowest BCUT2D eigenvalue weighted by Gasteiger charge is -2.16. The van der Waals surface area contributed by atoms with Crippen LogP contribution in [0, 0.1) is 25.5 Å². The summed E-state index contributed by atoms with van der Waals surface area (Å²) in [6.07, 6.45) is 3.75. The molecule has 1 heterocycles. The Balaban J connectivity index is 0.00000205. The van der Waals surface area contributed by atoms with Crippen molar-refractivity contribution >= 4 is 49.6 Å². The number of aryl methyl sites for hydroxylation is 1. The van der Waals surface area contributed by atoms with Crippen LogP contribution >= 0.6 is 26.6 Å². The highest BCUT2D eigenvalue weighted by molar-refractivity contribution is 9.10. The minimum Gasteiger partial charge on any atom is -0.366 e. The number of halogens is 3. The Morgan fingerprint density at radius 1 is 1.03 bits per heavy atom. The average molecular weight is 612 g/mol. The van der Waals surface area contributed by atoms with Gasteiger partial charge in [0.05, 0.1) is 16.4 Å². The largest absolute Gasteiger partial charge is 0.366 e. The number of hydrogen-bond donors (Lipinski definition) is 2. The van der Waals surface area contributed by atoms with Crippen molar-refractivity contribution in [2.45, 2.75) is 39.1 Å². The van der Waals surface area contributed by atoms with Crippen LogP contribution in [0.25, 0.3) is 11.4 Å². The van der Waals surface area contributed by atoms with Crippen molar-refractivity contribution in [1.82, 2.24) is 15.1 Å². The number of nitrogens with one attached hydrogen (secondary N) is 2. The fraction of sp³-hybridized carbons (Fsp3) is 0.161. The first-order chi connectivity index (χ1) is 18.7. The van der Waals surface area contributed by atoms with E-state index in [9.17, 15) is 8.78 Å². The molecule has 0 spiro atoms. The summed E-state index contributed by atoms with van der Waals surface area (Å²) in [6.45, 7) is 12.8. The molecule has 0 bridgehead atoms. The van der Waals surface area contributed by atoms with Crippen LogP contribution in [0.3, 0.4) is 0 Å². The number of allylic oxidation sites excluding steroid dienone is 2. The van der Waals surface area contributed by atoms with Gasteiger partial charge in [0.25, 0.3) is 0 Å². The van der Waals surface area contributed by atoms with Crippen molar-refractivity contribution in [3.05, 3.63) is 124 Å². The molecule has 0 fully saturated rings. The van der Waals surface area contributed by atoms with Gasteiger partial charge in [0.2, 0.25) is 0 Å². The van der Waals surface area contributed by atoms with Gasteiger partial charge in [-0.25, -0.2) is 13.5 Å². The van der Waals surface area contributed by atoms with Gasteiger partial charge < -0.3 is 10.0 Å². The summed E-state index contributed by atoms with van der Waals surface area (Å²) < 4.78 is 33.3. The number of nitrogens with zero attached hydrogens (tertiary/aromatic N) is 2. The molecule has 39 heavy (non-hydrogen) atoms. The van der Waals surface area contributed by atoms with E-state index in [2.05, 4.69) is 56.5 Å². The van der Waals surface area contributed by atoms with Crippen molar-refractivity contribution in [1.29, 1.82) is 0 Å². The molecule has 0 aliphatic carbocycles. The van der Waals surface area contributed by atoms with Crippen LogP contribution in [0.5, 0.6) is 0 Å². The van der Waals surface area contributed by atoms with Crippen molar-refractivity contribution in [3.8, 4) is 0 Å². The normalized spacial score (nSPS) is 11.8. The fourth-order valence-electron chi connectivity index (χ4n) is 3.80. The Morgan fingerprint density at radius 3 is 2.36 bits per heavy atom. The van der Waals surface area contributed by atoms with E-state index < -0.39 is 22.3 Å². The molecular weight excluding hydrogens is 578 g/mol. The van der Waals surface area contributed by atoms with Crippen LogP contribution < -0.4 is 10.0 Å². The highest BCUT2D eigenvalue weighted by Gasteiger charge is 2.11. The van der Waals surface area contributed by atoms with Gasteiger partial charge in [0.15, 0.2) is 0 Å². The van der Waals surface area contributed by atoms with Crippen molar-refractivity contribution in [2.24, 2.45) is 0 Å². The van der Waals surface area contributed by atoms with Crippen LogP contribution in [0.4, 0.5) is 14.5 Å². The summed E-state index contributed by atoms with van der Waals surface area (Å²) in [4.78, 5) is 0.459. The topological polar surface area (TPSA) is 41.9 Å². The van der Waals surface area contributed by atoms with E-state index in [-0.39, 0.29) is 0 Å². The van der Waals surface area contributed by atoms with Gasteiger partial charge in [0.1, 0.15) is 17.5 Å². The maximum atomic E-state index is 13.6. The van der Waals surface area contributed by atoms with Crippen molar-refractivity contribution in [2.75, 3.05) is 4.72 Å². The average Bonchev–Trinajstić information content (AvgIpc) is 3.25. The summed E-state index contributed by atoms with van der Waals surface area (Å²) in [5, 5.41) is 8.01. The second-order valence-electron chi connectivity index (χ2n) is 8.51. The van der Waals surface area contributed by atoms with Crippen LogP contribution in [0.15, 0.2) is 95.0 Å². The third-order valence-corrected chi connectivity index (χ3v) is 7.81. The van der Waals surface area contributed by atoms with E-state index in [0.717, 1.165) is 50.0 Å². The fourth-order valence-corrected chi connectivity index (χ4v) is 5.10. The van der Waals surface area contributed by atoms with E-state index in [1.54, 1.807) is 6.20 Å². The van der Waals surface area contributed by atoms with Gasteiger partial charge in [-0.15, -0.1) is 0 Å². The van der Waals surface area contributed by atoms with E-state index >= 15 is 0 Å². The lowest BCUT2D eigenvalue weighted by molar-refractivity contribution is 0.577. The zero-order valence-corrected chi connectivity index (χ0v) is 25.0. The predicted molar refractivity (Wildman–Crippen MR) is 167 cm³/mol. The minimum atomic E-state index is -0.830. The van der Waals surface area contributed by atoms with E-state index in [4.69, 9.17) is 0 Å². The lowest BCUT2D eigenvalue weighted by atomic mass is 10.0. The quantitative estimate of drug-likeness (QED) is 0.147. The Kier molecular flexibility index (Phi) is 10.8. The third-order valence-electron chi connectivity index (χ3n) is 5.74. The van der Waals surface area contributed by atoms with Crippen LogP contribution in [0.1, 0.15) is 36.2 Å². The first kappa shape index (κ1) is 30.1. The molecule has 0 radical (unpaired) electrons. The molecule has 0 aliphatic rings. The van der Waals surface area contributed by atoms with E-state index in [1.807, 2.05) is 74.0 Å². The van der Waals surface area contributed by atoms with Gasteiger partial charge in [-0.2, -0.15) is 5.10 Å². The van der Waals surface area contributed by atoms with Gasteiger partial charge >= 0.3 is 0 Å². The van der Waals surface area contributed by atoms with Crippen LogP contribution in [-0.2, 0) is 6.54 Å². The maximum absolute atomic E-state index is 13.6. The molecule has 1 atom stereocenters. The maximum Gasteiger partial charge on any atom is 0.128 e. The summed E-state index contributed by atoms with van der Waals surface area (Å²) >= 11 is 3.54. The van der Waals surface area contributed by atoms with Gasteiger partial charge in [-0.3, -0.25) is 0 Å². The number of anilines is 1. The molecule has 0 aliphatic heterocycles. The van der Waals surface area contributed by atoms with E-state index in [0.29, 0.717) is 11.4 Å². The SMILES string of the molecule is C=C(/C=C(/NCc1cccc(NS(=C)c2cc(F)cc(F)c2)c1)n1ncc(Br)c1C)c1ccccc1C.CC. The number of hydrogen-bond acceptors (Lipinski definition) is 3. The summed E-state index contributed by atoms with van der Waals surface area (Å²) in [5.74, 6) is 3.58. The molecular formula is C31H33BrF2N4S. The zero-order chi connectivity index (χ0) is 28.5. The lowest BCUT2D eigenvalue weighted by Crippen LogP contribution is -2.19. The molecule has 4 nitrogen and oxygen atoms in total. The van der Waals surface area contributed by atoms with Gasteiger partial charge in [-0.1, -0.05) is 73.4 Å². The second-order valence-corrected chi connectivity index (χ2v) is 10.8. The summed E-state index contributed by atoms with van der Waals surface area (Å²) in [7, 11) is -0.830. The molecule has 0 saturated heterocycles. The Labute approximate surface area is 240 Å². The molecule has 4 rings (SSSR count). The third kappa shape index (κ3) is 8.00. The highest BCUT2D eigenvalue weighted by atomic mass is 79.9. The second kappa shape index (κ2) is 14.1. The summed E-state index contributed by atoms with van der Waals surface area (Å²) in [5.41, 5.74) is 5.83. The Hall–Kier alpha value is -3.49. The Morgan fingerprint density at radius 2 is 1.72 bits per heavy atom. The van der Waals surface area contributed by atoms with Gasteiger partial charge in [-0.05, 0) is 82.4 Å². The van der Waals surface area contributed by atoms with Crippen molar-refractivity contribution in [3.63, 3.8) is 0 Å². The molecule has 8 heteroatoms. The van der Waals surface area contributed by atoms with Crippen LogP contribution in [-0.4, -0.2) is 15.7 Å². The number of aromatic nitrogens is 2. The monoisotopic (exact) mass is 610 g/mol. The molecule has 4 aromatic rings. The molecule has 204 valence electrons. The highest BCUT2D eigenvalue weighted by Crippen LogP contribution is 2.28. The first-order valence-corrected chi connectivity index (χ1v) is 14.7. The number of rotatable bonds is 9. The molecule has 1 aromatic heterocycles. The van der Waals surface area contributed by atoms with Gasteiger partial charge in [0, 0.05) is 23.2 Å². The molecule has 2 N–H and O–H groups in total. The standard InChI is InChI=1S/C29H27BrF2N4S.C2H6/c1-19-8-5-6-11-27(19)20(2)12-29(36-21(3)28(30)18-34-36)33-17-22-9-7-10-25(13-22)35-37(4)26-15-23(31)14-24(32)16-26;1-2/h5-16,18,33,35H,2,4,17H2,1,3H3;1-2H3/b29-12-;. The first-order valence-electron chi connectivity index (χ1n) is 12.5. The molecule has 0 amide bonds.